The summed E-state index contributed by atoms with van der Waals surface area (Å²) < 4.78 is 6.22. The van der Waals surface area contributed by atoms with Crippen molar-refractivity contribution in [2.45, 2.75) is 32.9 Å². The maximum absolute atomic E-state index is 12.6. The molecular weight excluding hydrogens is 318 g/mol. The Kier molecular flexibility index (Phi) is 6.89. The Labute approximate surface area is 147 Å². The van der Waals surface area contributed by atoms with Crippen LogP contribution in [-0.4, -0.2) is 29.4 Å². The molecule has 0 saturated carbocycles. The van der Waals surface area contributed by atoms with Crippen molar-refractivity contribution in [3.8, 4) is 0 Å². The molecule has 2 aromatic rings. The average molecular weight is 343 g/mol. The molecule has 1 atom stereocenters. The van der Waals surface area contributed by atoms with Gasteiger partial charge in [-0.1, -0.05) is 44.2 Å². The average Bonchev–Trinajstić information content (AvgIpc) is 2.60. The normalized spacial score (nSPS) is 12.2. The van der Waals surface area contributed by atoms with E-state index in [9.17, 15) is 9.59 Å². The highest BCUT2D eigenvalue weighted by Gasteiger charge is 2.18. The smallest absolute Gasteiger partial charge is 0.272 e. The largest absolute Gasteiger partial charge is 0.383 e. The van der Waals surface area contributed by atoms with Crippen LogP contribution >= 0.6 is 0 Å². The number of benzene rings is 1. The van der Waals surface area contributed by atoms with Gasteiger partial charge in [0.1, 0.15) is 5.69 Å². The lowest BCUT2D eigenvalue weighted by Crippen LogP contribution is -2.33. The minimum atomic E-state index is -0.291. The predicted octanol–water partition coefficient (Wildman–Crippen LogP) is 2.41. The van der Waals surface area contributed by atoms with Crippen LogP contribution in [0.25, 0.3) is 0 Å². The summed E-state index contributed by atoms with van der Waals surface area (Å²) in [6.45, 7) is 4.90. The summed E-state index contributed by atoms with van der Waals surface area (Å²) in [5.74, 6) is 0.134. The van der Waals surface area contributed by atoms with E-state index in [4.69, 9.17) is 4.74 Å². The Hall–Kier alpha value is -2.47. The summed E-state index contributed by atoms with van der Waals surface area (Å²) in [5.41, 5.74) is 1.02. The van der Waals surface area contributed by atoms with E-state index in [2.05, 4.69) is 24.3 Å². The molecule has 0 bridgehead atoms. The fourth-order valence-electron chi connectivity index (χ4n) is 2.58. The highest BCUT2D eigenvalue weighted by atomic mass is 16.5. The van der Waals surface area contributed by atoms with Crippen LogP contribution < -0.4 is 10.9 Å². The molecule has 0 spiro atoms. The summed E-state index contributed by atoms with van der Waals surface area (Å²) in [6.07, 6.45) is 0.819. The predicted molar refractivity (Wildman–Crippen MR) is 96.5 cm³/mol. The standard InChI is InChI=1S/C19H25N3O3/c1-14(2)13-17(15-7-5-4-6-8-15)20-19(24)16-9-10-18(23)22(21-16)11-12-25-3/h4-10,14,17H,11-13H2,1-3H3,(H,20,24). The molecule has 134 valence electrons. The zero-order valence-electron chi connectivity index (χ0n) is 14.9. The number of methoxy groups -OCH3 is 1. The number of rotatable bonds is 8. The van der Waals surface area contributed by atoms with Gasteiger partial charge in [0, 0.05) is 13.2 Å². The van der Waals surface area contributed by atoms with Gasteiger partial charge in [0.05, 0.1) is 19.2 Å². The van der Waals surface area contributed by atoms with E-state index in [0.29, 0.717) is 19.1 Å². The van der Waals surface area contributed by atoms with Crippen LogP contribution in [-0.2, 0) is 11.3 Å². The molecule has 1 aromatic carbocycles. The Balaban J connectivity index is 2.19. The summed E-state index contributed by atoms with van der Waals surface area (Å²) in [6, 6.07) is 12.6. The zero-order valence-corrected chi connectivity index (χ0v) is 14.9. The fraction of sp³-hybridized carbons (Fsp3) is 0.421. The number of nitrogens with one attached hydrogen (secondary N) is 1. The fourth-order valence-corrected chi connectivity index (χ4v) is 2.58. The van der Waals surface area contributed by atoms with Crippen molar-refractivity contribution in [2.75, 3.05) is 13.7 Å². The molecule has 6 heteroatoms. The number of carbonyl (C=O) groups is 1. The van der Waals surface area contributed by atoms with Gasteiger partial charge in [0.2, 0.25) is 0 Å². The second kappa shape index (κ2) is 9.13. The summed E-state index contributed by atoms with van der Waals surface area (Å²) in [7, 11) is 1.55. The molecule has 0 aliphatic carbocycles. The van der Waals surface area contributed by atoms with Gasteiger partial charge in [-0.15, -0.1) is 0 Å². The number of hydrogen-bond donors (Lipinski definition) is 1. The van der Waals surface area contributed by atoms with Gasteiger partial charge >= 0.3 is 0 Å². The first-order valence-corrected chi connectivity index (χ1v) is 8.44. The molecule has 1 unspecified atom stereocenters. The van der Waals surface area contributed by atoms with Crippen LogP contribution in [0.5, 0.6) is 0 Å². The van der Waals surface area contributed by atoms with Crippen LogP contribution in [0.15, 0.2) is 47.3 Å². The third kappa shape index (κ3) is 5.53. The van der Waals surface area contributed by atoms with Gasteiger partial charge in [-0.3, -0.25) is 9.59 Å². The lowest BCUT2D eigenvalue weighted by atomic mass is 9.97. The molecular formula is C19H25N3O3. The van der Waals surface area contributed by atoms with Crippen molar-refractivity contribution in [1.82, 2.24) is 15.1 Å². The van der Waals surface area contributed by atoms with Gasteiger partial charge in [0.15, 0.2) is 0 Å². The SMILES string of the molecule is COCCn1nc(C(=O)NC(CC(C)C)c2ccccc2)ccc1=O. The van der Waals surface area contributed by atoms with Crippen molar-refractivity contribution in [2.24, 2.45) is 5.92 Å². The summed E-state index contributed by atoms with van der Waals surface area (Å²) in [5, 5.41) is 7.18. The van der Waals surface area contributed by atoms with Gasteiger partial charge in [-0.05, 0) is 24.0 Å². The maximum atomic E-state index is 12.6. The quantitative estimate of drug-likeness (QED) is 0.799. The molecule has 1 amide bonds. The molecule has 0 aliphatic rings. The zero-order chi connectivity index (χ0) is 18.2. The van der Waals surface area contributed by atoms with E-state index in [1.54, 1.807) is 7.11 Å². The number of aromatic nitrogens is 2. The topological polar surface area (TPSA) is 73.2 Å². The van der Waals surface area contributed by atoms with E-state index in [0.717, 1.165) is 12.0 Å². The molecule has 0 fully saturated rings. The third-order valence-corrected chi connectivity index (χ3v) is 3.82. The molecule has 0 radical (unpaired) electrons. The van der Waals surface area contributed by atoms with Gasteiger partial charge in [-0.2, -0.15) is 5.10 Å². The van der Waals surface area contributed by atoms with Crippen molar-refractivity contribution in [3.63, 3.8) is 0 Å². The Morgan fingerprint density at radius 3 is 2.56 bits per heavy atom. The molecule has 1 N–H and O–H groups in total. The molecule has 0 saturated heterocycles. The molecule has 1 heterocycles. The van der Waals surface area contributed by atoms with E-state index >= 15 is 0 Å². The van der Waals surface area contributed by atoms with Crippen LogP contribution in [0.2, 0.25) is 0 Å². The van der Waals surface area contributed by atoms with Crippen LogP contribution in [0.4, 0.5) is 0 Å². The summed E-state index contributed by atoms with van der Waals surface area (Å²) in [4.78, 5) is 24.4. The van der Waals surface area contributed by atoms with Crippen LogP contribution in [0.1, 0.15) is 42.4 Å². The number of carbonyl (C=O) groups excluding carboxylic acids is 1. The number of amides is 1. The second-order valence-electron chi connectivity index (χ2n) is 6.34. The van der Waals surface area contributed by atoms with E-state index in [1.165, 1.54) is 16.8 Å². The Bertz CT molecular complexity index is 741. The minimum Gasteiger partial charge on any atom is -0.383 e. The van der Waals surface area contributed by atoms with Gasteiger partial charge in [0.25, 0.3) is 11.5 Å². The van der Waals surface area contributed by atoms with Crippen LogP contribution in [0, 0.1) is 5.92 Å². The molecule has 6 nitrogen and oxygen atoms in total. The van der Waals surface area contributed by atoms with E-state index < -0.39 is 0 Å². The van der Waals surface area contributed by atoms with Crippen LogP contribution in [0.3, 0.4) is 0 Å². The highest BCUT2D eigenvalue weighted by molar-refractivity contribution is 5.92. The highest BCUT2D eigenvalue weighted by Crippen LogP contribution is 2.21. The number of nitrogens with zero attached hydrogens (tertiary/aromatic N) is 2. The third-order valence-electron chi connectivity index (χ3n) is 3.82. The van der Waals surface area contributed by atoms with Gasteiger partial charge < -0.3 is 10.1 Å². The lowest BCUT2D eigenvalue weighted by Gasteiger charge is -2.21. The van der Waals surface area contributed by atoms with E-state index in [1.807, 2.05) is 30.3 Å². The molecule has 2 rings (SSSR count). The lowest BCUT2D eigenvalue weighted by molar-refractivity contribution is 0.0923. The minimum absolute atomic E-state index is 0.102. The molecule has 25 heavy (non-hydrogen) atoms. The number of hydrogen-bond acceptors (Lipinski definition) is 4. The van der Waals surface area contributed by atoms with Crippen molar-refractivity contribution >= 4 is 5.91 Å². The molecule has 1 aromatic heterocycles. The monoisotopic (exact) mass is 343 g/mol. The van der Waals surface area contributed by atoms with Crippen molar-refractivity contribution < 1.29 is 9.53 Å². The summed E-state index contributed by atoms with van der Waals surface area (Å²) >= 11 is 0. The number of ether oxygens (including phenoxy) is 1. The van der Waals surface area contributed by atoms with Crippen molar-refractivity contribution in [1.29, 1.82) is 0 Å². The van der Waals surface area contributed by atoms with Gasteiger partial charge in [-0.25, -0.2) is 4.68 Å². The maximum Gasteiger partial charge on any atom is 0.272 e. The Morgan fingerprint density at radius 2 is 1.92 bits per heavy atom. The van der Waals surface area contributed by atoms with E-state index in [-0.39, 0.29) is 23.2 Å². The first kappa shape index (κ1) is 18.9. The first-order valence-electron chi connectivity index (χ1n) is 8.44. The first-order chi connectivity index (χ1) is 12.0. The Morgan fingerprint density at radius 1 is 1.20 bits per heavy atom. The second-order valence-corrected chi connectivity index (χ2v) is 6.34. The van der Waals surface area contributed by atoms with Crippen molar-refractivity contribution in [3.05, 3.63) is 64.1 Å². The molecule has 0 aliphatic heterocycles.